The number of alkyl halides is 3. The third-order valence-electron chi connectivity index (χ3n) is 2.38. The second-order valence-electron chi connectivity index (χ2n) is 3.46. The van der Waals surface area contributed by atoms with Gasteiger partial charge in [-0.3, -0.25) is 0 Å². The highest BCUT2D eigenvalue weighted by molar-refractivity contribution is 6.34. The number of hydrogen-bond acceptors (Lipinski definition) is 1. The summed E-state index contributed by atoms with van der Waals surface area (Å²) in [6, 6.07) is 4.81. The van der Waals surface area contributed by atoms with Crippen molar-refractivity contribution in [2.24, 2.45) is 0 Å². The molecule has 5 heteroatoms. The van der Waals surface area contributed by atoms with Gasteiger partial charge in [0.1, 0.15) is 5.15 Å². The molecule has 0 unspecified atom stereocenters. The SMILES string of the molecule is Cc1cccc2c(Cl)ncc(C(F)(F)F)c12. The van der Waals surface area contributed by atoms with Crippen molar-refractivity contribution in [2.75, 3.05) is 0 Å². The second-order valence-corrected chi connectivity index (χ2v) is 3.82. The molecule has 1 aromatic carbocycles. The van der Waals surface area contributed by atoms with Gasteiger partial charge in [0, 0.05) is 17.0 Å². The number of aromatic nitrogens is 1. The van der Waals surface area contributed by atoms with E-state index in [2.05, 4.69) is 4.98 Å². The van der Waals surface area contributed by atoms with Crippen molar-refractivity contribution in [1.29, 1.82) is 0 Å². The van der Waals surface area contributed by atoms with E-state index in [9.17, 15) is 13.2 Å². The lowest BCUT2D eigenvalue weighted by Gasteiger charge is -2.12. The maximum atomic E-state index is 12.7. The van der Waals surface area contributed by atoms with Crippen LogP contribution in [0.5, 0.6) is 0 Å². The minimum absolute atomic E-state index is 0.0895. The van der Waals surface area contributed by atoms with Crippen molar-refractivity contribution < 1.29 is 13.2 Å². The summed E-state index contributed by atoms with van der Waals surface area (Å²) in [5, 5.41) is 0.540. The van der Waals surface area contributed by atoms with Gasteiger partial charge in [-0.25, -0.2) is 4.98 Å². The highest BCUT2D eigenvalue weighted by Gasteiger charge is 2.33. The molecule has 2 aromatic rings. The summed E-state index contributed by atoms with van der Waals surface area (Å²) >= 11 is 5.77. The molecule has 0 aliphatic rings. The number of rotatable bonds is 0. The number of halogens is 4. The summed E-state index contributed by atoms with van der Waals surface area (Å²) in [5.41, 5.74) is -0.209. The Labute approximate surface area is 94.9 Å². The van der Waals surface area contributed by atoms with Crippen LogP contribution >= 0.6 is 11.6 Å². The Morgan fingerprint density at radius 1 is 1.25 bits per heavy atom. The fraction of sp³-hybridized carbons (Fsp3) is 0.182. The van der Waals surface area contributed by atoms with Gasteiger partial charge in [-0.05, 0) is 12.5 Å². The Bertz CT molecular complexity index is 549. The highest BCUT2D eigenvalue weighted by Crippen LogP contribution is 2.37. The van der Waals surface area contributed by atoms with Gasteiger partial charge in [-0.1, -0.05) is 29.8 Å². The molecule has 2 rings (SSSR count). The number of hydrogen-bond donors (Lipinski definition) is 0. The van der Waals surface area contributed by atoms with Gasteiger partial charge in [0.2, 0.25) is 0 Å². The summed E-state index contributed by atoms with van der Waals surface area (Å²) in [6.07, 6.45) is -3.64. The van der Waals surface area contributed by atoms with E-state index in [0.29, 0.717) is 10.9 Å². The summed E-state index contributed by atoms with van der Waals surface area (Å²) in [4.78, 5) is 3.56. The van der Waals surface area contributed by atoms with Crippen LogP contribution in [0.1, 0.15) is 11.1 Å². The molecule has 0 radical (unpaired) electrons. The van der Waals surface area contributed by atoms with Crippen molar-refractivity contribution in [1.82, 2.24) is 4.98 Å². The molecule has 0 saturated carbocycles. The van der Waals surface area contributed by atoms with Crippen molar-refractivity contribution in [3.63, 3.8) is 0 Å². The van der Waals surface area contributed by atoms with E-state index in [1.807, 2.05) is 0 Å². The van der Waals surface area contributed by atoms with Crippen molar-refractivity contribution in [3.05, 3.63) is 40.7 Å². The van der Waals surface area contributed by atoms with E-state index in [1.165, 1.54) is 6.07 Å². The average Bonchev–Trinajstić information content (AvgIpc) is 2.18. The fourth-order valence-corrected chi connectivity index (χ4v) is 1.87. The smallest absolute Gasteiger partial charge is 0.243 e. The van der Waals surface area contributed by atoms with Gasteiger partial charge in [0.15, 0.2) is 0 Å². The van der Waals surface area contributed by atoms with E-state index < -0.39 is 11.7 Å². The molecule has 0 amide bonds. The van der Waals surface area contributed by atoms with Crippen LogP contribution < -0.4 is 0 Å². The summed E-state index contributed by atoms with van der Waals surface area (Å²) in [5.74, 6) is 0. The fourth-order valence-electron chi connectivity index (χ4n) is 1.67. The molecule has 84 valence electrons. The minimum Gasteiger partial charge on any atom is -0.243 e. The highest BCUT2D eigenvalue weighted by atomic mass is 35.5. The van der Waals surface area contributed by atoms with Crippen LogP contribution in [-0.4, -0.2) is 4.98 Å². The van der Waals surface area contributed by atoms with Crippen molar-refractivity contribution in [3.8, 4) is 0 Å². The maximum Gasteiger partial charge on any atom is 0.418 e. The molecule has 1 aromatic heterocycles. The number of nitrogens with zero attached hydrogens (tertiary/aromatic N) is 1. The second kappa shape index (κ2) is 3.63. The molecule has 0 aliphatic carbocycles. The number of aryl methyl sites for hydroxylation is 1. The first-order valence-corrected chi connectivity index (χ1v) is 4.90. The first-order chi connectivity index (χ1) is 7.41. The van der Waals surface area contributed by atoms with Crippen molar-refractivity contribution in [2.45, 2.75) is 13.1 Å². The predicted molar refractivity (Wildman–Crippen MR) is 56.5 cm³/mol. The summed E-state index contributed by atoms with van der Waals surface area (Å²) in [6.45, 7) is 1.62. The van der Waals surface area contributed by atoms with Gasteiger partial charge < -0.3 is 0 Å². The molecule has 1 nitrogen and oxygen atoms in total. The van der Waals surface area contributed by atoms with Crippen LogP contribution in [0, 0.1) is 6.92 Å². The lowest BCUT2D eigenvalue weighted by Crippen LogP contribution is -2.07. The molecule has 0 saturated heterocycles. The Hall–Kier alpha value is -1.29. The Morgan fingerprint density at radius 2 is 1.94 bits per heavy atom. The zero-order chi connectivity index (χ0) is 11.9. The molecule has 0 fully saturated rings. The van der Waals surface area contributed by atoms with Gasteiger partial charge >= 0.3 is 6.18 Å². The van der Waals surface area contributed by atoms with Crippen molar-refractivity contribution >= 4 is 22.4 Å². The van der Waals surface area contributed by atoms with Crippen LogP contribution in [0.15, 0.2) is 24.4 Å². The molecule has 0 aliphatic heterocycles. The normalized spacial score (nSPS) is 12.1. The van der Waals surface area contributed by atoms with Crippen LogP contribution in [0.2, 0.25) is 5.15 Å². The van der Waals surface area contributed by atoms with Crippen LogP contribution in [0.25, 0.3) is 10.8 Å². The Balaban J connectivity index is 2.92. The summed E-state index contributed by atoms with van der Waals surface area (Å²) < 4.78 is 38.2. The zero-order valence-corrected chi connectivity index (χ0v) is 9.02. The molecule has 0 N–H and O–H groups in total. The molecule has 1 heterocycles. The number of benzene rings is 1. The maximum absolute atomic E-state index is 12.7. The monoisotopic (exact) mass is 245 g/mol. The third-order valence-corrected chi connectivity index (χ3v) is 2.68. The van der Waals surface area contributed by atoms with Crippen LogP contribution in [0.4, 0.5) is 13.2 Å². The van der Waals surface area contributed by atoms with Gasteiger partial charge in [0.25, 0.3) is 0 Å². The van der Waals surface area contributed by atoms with E-state index in [4.69, 9.17) is 11.6 Å². The zero-order valence-electron chi connectivity index (χ0n) is 8.27. The Morgan fingerprint density at radius 3 is 2.56 bits per heavy atom. The van der Waals surface area contributed by atoms with Crippen LogP contribution in [-0.2, 0) is 6.18 Å². The molecule has 16 heavy (non-hydrogen) atoms. The molecular formula is C11H7ClF3N. The lowest BCUT2D eigenvalue weighted by molar-refractivity contribution is -0.136. The van der Waals surface area contributed by atoms with Gasteiger partial charge in [-0.2, -0.15) is 13.2 Å². The molecule has 0 bridgehead atoms. The quantitative estimate of drug-likeness (QED) is 0.634. The number of pyridine rings is 1. The molecule has 0 spiro atoms. The summed E-state index contributed by atoms with van der Waals surface area (Å²) in [7, 11) is 0. The topological polar surface area (TPSA) is 12.9 Å². The Kier molecular flexibility index (Phi) is 2.54. The number of fused-ring (bicyclic) bond motifs is 1. The largest absolute Gasteiger partial charge is 0.418 e. The van der Waals surface area contributed by atoms with Crippen LogP contribution in [0.3, 0.4) is 0 Å². The van der Waals surface area contributed by atoms with E-state index in [-0.39, 0.29) is 10.5 Å². The third kappa shape index (κ3) is 1.73. The van der Waals surface area contributed by atoms with E-state index >= 15 is 0 Å². The average molecular weight is 246 g/mol. The van der Waals surface area contributed by atoms with E-state index in [0.717, 1.165) is 6.20 Å². The lowest BCUT2D eigenvalue weighted by atomic mass is 10.0. The first kappa shape index (κ1) is 11.2. The molecule has 0 atom stereocenters. The molecular weight excluding hydrogens is 239 g/mol. The van der Waals surface area contributed by atoms with Gasteiger partial charge in [0.05, 0.1) is 5.56 Å². The first-order valence-electron chi connectivity index (χ1n) is 4.52. The minimum atomic E-state index is -4.41. The van der Waals surface area contributed by atoms with E-state index in [1.54, 1.807) is 19.1 Å². The predicted octanol–water partition coefficient (Wildman–Crippen LogP) is 4.22. The standard InChI is InChI=1S/C11H7ClF3N/c1-6-3-2-4-7-9(6)8(11(13,14)15)5-16-10(7)12/h2-5H,1H3. The van der Waals surface area contributed by atoms with Gasteiger partial charge in [-0.15, -0.1) is 0 Å².